The first-order valence-electron chi connectivity index (χ1n) is 8.95. The molecule has 1 aliphatic heterocycles. The molecule has 1 atom stereocenters. The van der Waals surface area contributed by atoms with E-state index >= 15 is 0 Å². The first kappa shape index (κ1) is 16.5. The molecule has 5 heteroatoms. The molecule has 5 nitrogen and oxygen atoms in total. The third-order valence-corrected chi connectivity index (χ3v) is 5.54. The summed E-state index contributed by atoms with van der Waals surface area (Å²) in [5, 5.41) is 4.52. The van der Waals surface area contributed by atoms with Crippen molar-refractivity contribution in [1.82, 2.24) is 14.7 Å². The maximum Gasteiger partial charge on any atom is 0.223 e. The van der Waals surface area contributed by atoms with Crippen LogP contribution in [-0.4, -0.2) is 40.3 Å². The molecule has 128 valence electrons. The second-order valence-corrected chi connectivity index (χ2v) is 7.09. The molecule has 0 unspecified atom stereocenters. The number of hydrogen-bond acceptors (Lipinski definition) is 3. The number of nitrogens with zero attached hydrogens (tertiary/aromatic N) is 3. The fraction of sp³-hybridized carbons (Fsp3) is 0.778. The van der Waals surface area contributed by atoms with Gasteiger partial charge in [-0.05, 0) is 32.6 Å². The quantitative estimate of drug-likeness (QED) is 0.860. The summed E-state index contributed by atoms with van der Waals surface area (Å²) >= 11 is 0. The van der Waals surface area contributed by atoms with E-state index in [4.69, 9.17) is 4.74 Å². The van der Waals surface area contributed by atoms with Crippen LogP contribution in [0, 0.1) is 19.8 Å². The lowest BCUT2D eigenvalue weighted by molar-refractivity contribution is -0.141. The Morgan fingerprint density at radius 3 is 2.65 bits per heavy atom. The SMILES string of the molecule is Cc1nn(C)c(C)c1[C@@H]1COCCN1C(=O)CC1CCCCC1. The van der Waals surface area contributed by atoms with Gasteiger partial charge in [0.05, 0.1) is 24.9 Å². The summed E-state index contributed by atoms with van der Waals surface area (Å²) in [6, 6.07) is 0.0218. The van der Waals surface area contributed by atoms with Crippen molar-refractivity contribution in [3.05, 3.63) is 17.0 Å². The van der Waals surface area contributed by atoms with Crippen LogP contribution >= 0.6 is 0 Å². The smallest absolute Gasteiger partial charge is 0.223 e. The number of hydrogen-bond donors (Lipinski definition) is 0. The van der Waals surface area contributed by atoms with E-state index in [0.29, 0.717) is 38.0 Å². The first-order chi connectivity index (χ1) is 11.1. The number of aromatic nitrogens is 2. The molecule has 2 heterocycles. The van der Waals surface area contributed by atoms with E-state index in [9.17, 15) is 4.79 Å². The van der Waals surface area contributed by atoms with E-state index in [1.807, 2.05) is 18.7 Å². The van der Waals surface area contributed by atoms with E-state index in [1.54, 1.807) is 0 Å². The third kappa shape index (κ3) is 3.44. The summed E-state index contributed by atoms with van der Waals surface area (Å²) < 4.78 is 7.60. The lowest BCUT2D eigenvalue weighted by atomic mass is 9.86. The van der Waals surface area contributed by atoms with Crippen LogP contribution in [0.2, 0.25) is 0 Å². The van der Waals surface area contributed by atoms with Gasteiger partial charge in [0.15, 0.2) is 0 Å². The molecular weight excluding hydrogens is 290 g/mol. The highest BCUT2D eigenvalue weighted by Crippen LogP contribution is 2.32. The van der Waals surface area contributed by atoms with Gasteiger partial charge in [-0.25, -0.2) is 0 Å². The number of rotatable bonds is 3. The van der Waals surface area contributed by atoms with Crippen molar-refractivity contribution in [1.29, 1.82) is 0 Å². The molecule has 1 saturated heterocycles. The van der Waals surface area contributed by atoms with E-state index in [1.165, 1.54) is 37.7 Å². The normalized spacial score (nSPS) is 23.3. The lowest BCUT2D eigenvalue weighted by Gasteiger charge is -2.37. The van der Waals surface area contributed by atoms with Gasteiger partial charge in [0.25, 0.3) is 0 Å². The number of amides is 1. The molecular formula is C18H29N3O2. The van der Waals surface area contributed by atoms with Crippen LogP contribution < -0.4 is 0 Å². The highest BCUT2D eigenvalue weighted by Gasteiger charge is 2.33. The van der Waals surface area contributed by atoms with Crippen molar-refractivity contribution in [3.8, 4) is 0 Å². The Hall–Kier alpha value is -1.36. The van der Waals surface area contributed by atoms with Gasteiger partial charge < -0.3 is 9.64 Å². The van der Waals surface area contributed by atoms with Crippen LogP contribution in [0.5, 0.6) is 0 Å². The summed E-state index contributed by atoms with van der Waals surface area (Å²) in [5.74, 6) is 0.878. The van der Waals surface area contributed by atoms with Crippen molar-refractivity contribution in [2.45, 2.75) is 58.4 Å². The van der Waals surface area contributed by atoms with Crippen LogP contribution in [0.15, 0.2) is 0 Å². The zero-order valence-electron chi connectivity index (χ0n) is 14.7. The fourth-order valence-corrected chi connectivity index (χ4v) is 4.17. The van der Waals surface area contributed by atoms with E-state index in [2.05, 4.69) is 16.9 Å². The second-order valence-electron chi connectivity index (χ2n) is 7.09. The van der Waals surface area contributed by atoms with Crippen molar-refractivity contribution < 1.29 is 9.53 Å². The Balaban J connectivity index is 1.76. The molecule has 0 N–H and O–H groups in total. The Morgan fingerprint density at radius 1 is 1.26 bits per heavy atom. The molecule has 1 aromatic rings. The van der Waals surface area contributed by atoms with Gasteiger partial charge in [-0.3, -0.25) is 9.48 Å². The molecule has 1 saturated carbocycles. The fourth-order valence-electron chi connectivity index (χ4n) is 4.17. The number of carbonyl (C=O) groups excluding carboxylic acids is 1. The predicted octanol–water partition coefficient (Wildman–Crippen LogP) is 2.91. The molecule has 1 amide bonds. The van der Waals surface area contributed by atoms with Gasteiger partial charge in [-0.2, -0.15) is 5.10 Å². The minimum absolute atomic E-state index is 0.0218. The third-order valence-electron chi connectivity index (χ3n) is 5.54. The maximum absolute atomic E-state index is 12.9. The van der Waals surface area contributed by atoms with Crippen LogP contribution in [0.4, 0.5) is 0 Å². The zero-order chi connectivity index (χ0) is 16.4. The molecule has 23 heavy (non-hydrogen) atoms. The van der Waals surface area contributed by atoms with Gasteiger partial charge in [0.1, 0.15) is 0 Å². The van der Waals surface area contributed by atoms with Gasteiger partial charge >= 0.3 is 0 Å². The Bertz CT molecular complexity index is 561. The number of morpholine rings is 1. The molecule has 3 rings (SSSR count). The molecule has 2 aliphatic rings. The van der Waals surface area contributed by atoms with Gasteiger partial charge in [0, 0.05) is 31.3 Å². The summed E-state index contributed by atoms with van der Waals surface area (Å²) in [5.41, 5.74) is 3.31. The van der Waals surface area contributed by atoms with Crippen molar-refractivity contribution in [2.75, 3.05) is 19.8 Å². The molecule has 0 radical (unpaired) electrons. The van der Waals surface area contributed by atoms with E-state index in [-0.39, 0.29) is 6.04 Å². The summed E-state index contributed by atoms with van der Waals surface area (Å²) in [6.07, 6.45) is 7.03. The van der Waals surface area contributed by atoms with Crippen LogP contribution in [0.25, 0.3) is 0 Å². The highest BCUT2D eigenvalue weighted by molar-refractivity contribution is 5.77. The molecule has 0 spiro atoms. The first-order valence-corrected chi connectivity index (χ1v) is 8.95. The molecule has 0 bridgehead atoms. The lowest BCUT2D eigenvalue weighted by Crippen LogP contribution is -2.44. The second kappa shape index (κ2) is 7.04. The Morgan fingerprint density at radius 2 is 2.00 bits per heavy atom. The highest BCUT2D eigenvalue weighted by atomic mass is 16.5. The zero-order valence-corrected chi connectivity index (χ0v) is 14.7. The standard InChI is InChI=1S/C18H29N3O2/c1-13-18(14(2)20(3)19-13)16-12-23-10-9-21(16)17(22)11-15-7-5-4-6-8-15/h15-16H,4-12H2,1-3H3/t16-/m0/s1. The molecule has 1 aromatic heterocycles. The van der Waals surface area contributed by atoms with Crippen LogP contribution in [0.1, 0.15) is 61.5 Å². The summed E-state index contributed by atoms with van der Waals surface area (Å²) in [6.45, 7) is 6.04. The number of carbonyl (C=O) groups is 1. The monoisotopic (exact) mass is 319 g/mol. The Labute approximate surface area is 139 Å². The molecule has 0 aromatic carbocycles. The largest absolute Gasteiger partial charge is 0.377 e. The topological polar surface area (TPSA) is 47.4 Å². The average molecular weight is 319 g/mol. The van der Waals surface area contributed by atoms with Crippen molar-refractivity contribution in [3.63, 3.8) is 0 Å². The van der Waals surface area contributed by atoms with Crippen LogP contribution in [-0.2, 0) is 16.6 Å². The number of ether oxygens (including phenoxy) is 1. The average Bonchev–Trinajstić information content (AvgIpc) is 2.81. The van der Waals surface area contributed by atoms with Crippen LogP contribution in [0.3, 0.4) is 0 Å². The predicted molar refractivity (Wildman–Crippen MR) is 89.1 cm³/mol. The van der Waals surface area contributed by atoms with Gasteiger partial charge in [-0.15, -0.1) is 0 Å². The minimum atomic E-state index is 0.0218. The number of aryl methyl sites for hydroxylation is 2. The van der Waals surface area contributed by atoms with E-state index < -0.39 is 0 Å². The van der Waals surface area contributed by atoms with E-state index in [0.717, 1.165) is 11.4 Å². The summed E-state index contributed by atoms with van der Waals surface area (Å²) in [7, 11) is 1.96. The Kier molecular flexibility index (Phi) is 5.05. The van der Waals surface area contributed by atoms with Gasteiger partial charge in [0.2, 0.25) is 5.91 Å². The van der Waals surface area contributed by atoms with Crippen molar-refractivity contribution >= 4 is 5.91 Å². The summed E-state index contributed by atoms with van der Waals surface area (Å²) in [4.78, 5) is 15.0. The molecule has 2 fully saturated rings. The molecule has 1 aliphatic carbocycles. The minimum Gasteiger partial charge on any atom is -0.377 e. The van der Waals surface area contributed by atoms with Crippen molar-refractivity contribution in [2.24, 2.45) is 13.0 Å². The van der Waals surface area contributed by atoms with Gasteiger partial charge in [-0.1, -0.05) is 19.3 Å². The maximum atomic E-state index is 12.9.